The number of hydrogen-bond donors (Lipinski definition) is 0. The van der Waals surface area contributed by atoms with Gasteiger partial charge in [-0.2, -0.15) is 0 Å². The van der Waals surface area contributed by atoms with Crippen LogP contribution in [0.2, 0.25) is 0 Å². The van der Waals surface area contributed by atoms with Gasteiger partial charge >= 0.3 is 0 Å². The van der Waals surface area contributed by atoms with Crippen LogP contribution in [0.3, 0.4) is 0 Å². The summed E-state index contributed by atoms with van der Waals surface area (Å²) in [5.41, 5.74) is 2.81. The van der Waals surface area contributed by atoms with E-state index < -0.39 is 4.92 Å². The highest BCUT2D eigenvalue weighted by atomic mass is 35.5. The number of nitrogens with zero attached hydrogens (tertiary/aromatic N) is 2. The van der Waals surface area contributed by atoms with Crippen molar-refractivity contribution >= 4 is 28.6 Å². The average molecular weight is 269 g/mol. The van der Waals surface area contributed by atoms with Crippen molar-refractivity contribution in [2.45, 2.75) is 11.8 Å². The molecular formula is C11H9ClN2O2S. The van der Waals surface area contributed by atoms with Crippen LogP contribution in [-0.4, -0.2) is 9.91 Å². The molecule has 0 aliphatic rings. The van der Waals surface area contributed by atoms with Gasteiger partial charge in [0.2, 0.25) is 0 Å². The average Bonchev–Trinajstić information content (AvgIpc) is 2.83. The first-order chi connectivity index (χ1) is 8.16. The fourth-order valence-corrected chi connectivity index (χ4v) is 2.43. The Morgan fingerprint density at radius 1 is 1.41 bits per heavy atom. The lowest BCUT2D eigenvalue weighted by atomic mass is 10.1. The maximum atomic E-state index is 10.5. The van der Waals surface area contributed by atoms with E-state index in [1.807, 2.05) is 0 Å². The van der Waals surface area contributed by atoms with Crippen LogP contribution in [0.5, 0.6) is 0 Å². The summed E-state index contributed by atoms with van der Waals surface area (Å²) in [6.07, 6.45) is 2.38. The molecule has 4 nitrogen and oxygen atoms in total. The van der Waals surface area contributed by atoms with Crippen LogP contribution >= 0.6 is 22.9 Å². The van der Waals surface area contributed by atoms with E-state index in [2.05, 4.69) is 4.98 Å². The van der Waals surface area contributed by atoms with Gasteiger partial charge in [-0.1, -0.05) is 12.1 Å². The number of rotatable bonds is 4. The summed E-state index contributed by atoms with van der Waals surface area (Å²) in [6, 6.07) is 6.44. The Bertz CT molecular complexity index is 499. The highest BCUT2D eigenvalue weighted by Crippen LogP contribution is 2.28. The summed E-state index contributed by atoms with van der Waals surface area (Å²) in [7, 11) is 0. The molecular weight excluding hydrogens is 260 g/mol. The van der Waals surface area contributed by atoms with E-state index >= 15 is 0 Å². The second kappa shape index (κ2) is 5.25. The minimum atomic E-state index is -0.412. The summed E-state index contributed by atoms with van der Waals surface area (Å²) in [5.74, 6) is 0. The van der Waals surface area contributed by atoms with Crippen LogP contribution in [0, 0.1) is 10.1 Å². The number of hydrogen-bond acceptors (Lipinski definition) is 4. The zero-order valence-corrected chi connectivity index (χ0v) is 10.3. The monoisotopic (exact) mass is 268 g/mol. The lowest BCUT2D eigenvalue weighted by molar-refractivity contribution is -0.384. The second-order valence-corrected chi connectivity index (χ2v) is 4.94. The molecule has 0 aliphatic heterocycles. The van der Waals surface area contributed by atoms with Crippen molar-refractivity contribution in [3.05, 3.63) is 56.5 Å². The quantitative estimate of drug-likeness (QED) is 0.484. The number of nitro groups is 1. The molecule has 17 heavy (non-hydrogen) atoms. The molecule has 1 heterocycles. The lowest BCUT2D eigenvalue weighted by Crippen LogP contribution is -1.94. The standard InChI is InChI=1S/C11H9ClN2O2S/c12-10(11-6-13-7-17-11)5-8-1-3-9(4-2-8)14(15)16/h1-4,6-7,10H,5H2. The van der Waals surface area contributed by atoms with E-state index in [0.717, 1.165) is 10.4 Å². The zero-order chi connectivity index (χ0) is 12.3. The minimum absolute atomic E-state index is 0.0951. The number of aromatic nitrogens is 1. The van der Waals surface area contributed by atoms with Gasteiger partial charge in [0.25, 0.3) is 5.69 Å². The van der Waals surface area contributed by atoms with Gasteiger partial charge in [0, 0.05) is 23.2 Å². The molecule has 0 radical (unpaired) electrons. The number of halogens is 1. The Morgan fingerprint density at radius 3 is 2.65 bits per heavy atom. The third-order valence-corrected chi connectivity index (χ3v) is 3.73. The minimum Gasteiger partial charge on any atom is -0.258 e. The first kappa shape index (κ1) is 12.0. The highest BCUT2D eigenvalue weighted by molar-refractivity contribution is 7.09. The maximum absolute atomic E-state index is 10.5. The summed E-state index contributed by atoms with van der Waals surface area (Å²) >= 11 is 7.73. The molecule has 0 fully saturated rings. The third-order valence-electron chi connectivity index (χ3n) is 2.32. The topological polar surface area (TPSA) is 56.0 Å². The summed E-state index contributed by atoms with van der Waals surface area (Å²) in [5, 5.41) is 10.4. The fraction of sp³-hybridized carbons (Fsp3) is 0.182. The normalized spacial score (nSPS) is 12.3. The van der Waals surface area contributed by atoms with Gasteiger partial charge in [-0.3, -0.25) is 15.1 Å². The van der Waals surface area contributed by atoms with E-state index in [1.54, 1.807) is 23.8 Å². The fourth-order valence-electron chi connectivity index (χ4n) is 1.44. The third kappa shape index (κ3) is 3.01. The van der Waals surface area contributed by atoms with Crippen molar-refractivity contribution in [3.8, 4) is 0 Å². The molecule has 1 unspecified atom stereocenters. The van der Waals surface area contributed by atoms with Crippen LogP contribution in [-0.2, 0) is 6.42 Å². The van der Waals surface area contributed by atoms with Crippen molar-refractivity contribution in [1.82, 2.24) is 4.98 Å². The summed E-state index contributed by atoms with van der Waals surface area (Å²) < 4.78 is 0. The molecule has 0 saturated carbocycles. The molecule has 0 saturated heterocycles. The van der Waals surface area contributed by atoms with Crippen LogP contribution in [0.1, 0.15) is 15.8 Å². The van der Waals surface area contributed by atoms with Gasteiger partial charge in [-0.15, -0.1) is 22.9 Å². The van der Waals surface area contributed by atoms with Crippen molar-refractivity contribution in [3.63, 3.8) is 0 Å². The van der Waals surface area contributed by atoms with Gasteiger partial charge in [0.05, 0.1) is 15.8 Å². The molecule has 0 bridgehead atoms. The molecule has 0 N–H and O–H groups in total. The van der Waals surface area contributed by atoms with Crippen molar-refractivity contribution < 1.29 is 4.92 Å². The molecule has 0 spiro atoms. The lowest BCUT2D eigenvalue weighted by Gasteiger charge is -2.06. The zero-order valence-electron chi connectivity index (χ0n) is 8.75. The second-order valence-electron chi connectivity index (χ2n) is 3.50. The Hall–Kier alpha value is -1.46. The van der Waals surface area contributed by atoms with E-state index in [-0.39, 0.29) is 11.1 Å². The number of thiazole rings is 1. The number of non-ortho nitro benzene ring substituents is 1. The number of nitro benzene ring substituents is 1. The van der Waals surface area contributed by atoms with Gasteiger partial charge in [-0.25, -0.2) is 0 Å². The van der Waals surface area contributed by atoms with Gasteiger partial charge in [0.15, 0.2) is 0 Å². The molecule has 0 aliphatic carbocycles. The van der Waals surface area contributed by atoms with Crippen LogP contribution in [0.25, 0.3) is 0 Å². The smallest absolute Gasteiger partial charge is 0.258 e. The summed E-state index contributed by atoms with van der Waals surface area (Å²) in [4.78, 5) is 15.1. The van der Waals surface area contributed by atoms with Gasteiger partial charge in [-0.05, 0) is 12.0 Å². The van der Waals surface area contributed by atoms with Crippen molar-refractivity contribution in [2.75, 3.05) is 0 Å². The molecule has 0 amide bonds. The maximum Gasteiger partial charge on any atom is 0.269 e. The predicted molar refractivity (Wildman–Crippen MR) is 67.5 cm³/mol. The van der Waals surface area contributed by atoms with Crippen LogP contribution in [0.4, 0.5) is 5.69 Å². The van der Waals surface area contributed by atoms with E-state index in [1.165, 1.54) is 23.5 Å². The molecule has 1 aromatic carbocycles. The Morgan fingerprint density at radius 2 is 2.12 bits per heavy atom. The Labute approximate surface area is 107 Å². The van der Waals surface area contributed by atoms with E-state index in [0.29, 0.717) is 6.42 Å². The van der Waals surface area contributed by atoms with Crippen LogP contribution in [0.15, 0.2) is 36.0 Å². The Balaban J connectivity index is 2.06. The van der Waals surface area contributed by atoms with Crippen molar-refractivity contribution in [1.29, 1.82) is 0 Å². The molecule has 1 atom stereocenters. The number of benzene rings is 1. The molecule has 2 aromatic rings. The predicted octanol–water partition coefficient (Wildman–Crippen LogP) is 3.57. The highest BCUT2D eigenvalue weighted by Gasteiger charge is 2.11. The molecule has 6 heteroatoms. The summed E-state index contributed by atoms with van der Waals surface area (Å²) in [6.45, 7) is 0. The number of alkyl halides is 1. The van der Waals surface area contributed by atoms with E-state index in [9.17, 15) is 10.1 Å². The first-order valence-electron chi connectivity index (χ1n) is 4.92. The van der Waals surface area contributed by atoms with E-state index in [4.69, 9.17) is 11.6 Å². The molecule has 2 rings (SSSR count). The SMILES string of the molecule is O=[N+]([O-])c1ccc(CC(Cl)c2cncs2)cc1. The van der Waals surface area contributed by atoms with Crippen molar-refractivity contribution in [2.24, 2.45) is 0 Å². The Kier molecular flexibility index (Phi) is 3.71. The van der Waals surface area contributed by atoms with Gasteiger partial charge < -0.3 is 0 Å². The first-order valence-corrected chi connectivity index (χ1v) is 6.24. The van der Waals surface area contributed by atoms with Gasteiger partial charge in [0.1, 0.15) is 0 Å². The molecule has 1 aromatic heterocycles. The molecule has 88 valence electrons. The largest absolute Gasteiger partial charge is 0.269 e. The van der Waals surface area contributed by atoms with Crippen LogP contribution < -0.4 is 0 Å².